The number of aromatic nitrogens is 2. The molecule has 2 aromatic carbocycles. The van der Waals surface area contributed by atoms with Gasteiger partial charge >= 0.3 is 0 Å². The number of hydrogen-bond acceptors (Lipinski definition) is 4. The van der Waals surface area contributed by atoms with Crippen LogP contribution in [0.3, 0.4) is 0 Å². The third kappa shape index (κ3) is 4.46. The van der Waals surface area contributed by atoms with Crippen molar-refractivity contribution < 1.29 is 9.53 Å². The highest BCUT2D eigenvalue weighted by molar-refractivity contribution is 6.32. The molecule has 0 saturated heterocycles. The van der Waals surface area contributed by atoms with Crippen molar-refractivity contribution in [1.29, 1.82) is 5.26 Å². The van der Waals surface area contributed by atoms with Gasteiger partial charge in [-0.2, -0.15) is 5.26 Å². The molecule has 0 spiro atoms. The van der Waals surface area contributed by atoms with E-state index in [1.54, 1.807) is 18.3 Å². The van der Waals surface area contributed by atoms with Crippen molar-refractivity contribution in [2.24, 2.45) is 7.05 Å². The second-order valence-electron chi connectivity index (χ2n) is 5.85. The summed E-state index contributed by atoms with van der Waals surface area (Å²) in [5.41, 5.74) is 1.34. The van der Waals surface area contributed by atoms with E-state index in [2.05, 4.69) is 10.3 Å². The smallest absolute Gasteiger partial charge is 0.258 e. The molecule has 1 unspecified atom stereocenters. The Morgan fingerprint density at radius 3 is 2.74 bits per heavy atom. The van der Waals surface area contributed by atoms with E-state index in [-0.39, 0.29) is 17.5 Å². The van der Waals surface area contributed by atoms with Crippen LogP contribution in [0.1, 0.15) is 23.0 Å². The molecule has 1 N–H and O–H groups in total. The molecule has 0 fully saturated rings. The van der Waals surface area contributed by atoms with Crippen LogP contribution >= 0.6 is 11.6 Å². The Bertz CT molecular complexity index is 979. The van der Waals surface area contributed by atoms with Crippen LogP contribution < -0.4 is 10.1 Å². The summed E-state index contributed by atoms with van der Waals surface area (Å²) in [6.45, 7) is -0.209. The topological polar surface area (TPSA) is 79.9 Å². The Hall–Kier alpha value is -3.30. The fraction of sp³-hybridized carbons (Fsp3) is 0.150. The van der Waals surface area contributed by atoms with Crippen molar-refractivity contribution >= 4 is 17.5 Å². The number of nitrogens with zero attached hydrogens (tertiary/aromatic N) is 3. The van der Waals surface area contributed by atoms with Crippen molar-refractivity contribution in [2.75, 3.05) is 6.61 Å². The molecule has 1 heterocycles. The van der Waals surface area contributed by atoms with E-state index in [0.29, 0.717) is 17.1 Å². The first-order chi connectivity index (χ1) is 13.1. The summed E-state index contributed by atoms with van der Waals surface area (Å²) in [5.74, 6) is 0.748. The molecule has 3 rings (SSSR count). The number of hydrogen-bond donors (Lipinski definition) is 1. The van der Waals surface area contributed by atoms with E-state index < -0.39 is 6.04 Å². The number of halogens is 1. The lowest BCUT2D eigenvalue weighted by Gasteiger charge is -2.19. The van der Waals surface area contributed by atoms with Crippen LogP contribution in [0.4, 0.5) is 0 Å². The normalized spacial score (nSPS) is 11.4. The van der Waals surface area contributed by atoms with Crippen LogP contribution in [0, 0.1) is 11.3 Å². The first kappa shape index (κ1) is 18.5. The molecule has 1 atom stereocenters. The molecule has 1 amide bonds. The summed E-state index contributed by atoms with van der Waals surface area (Å²) in [5, 5.41) is 12.1. The van der Waals surface area contributed by atoms with Gasteiger partial charge in [-0.25, -0.2) is 4.98 Å². The Kier molecular flexibility index (Phi) is 5.74. The molecule has 0 aliphatic carbocycles. The number of rotatable bonds is 6. The molecule has 0 aliphatic rings. The molecule has 1 aromatic heterocycles. The quantitative estimate of drug-likeness (QED) is 0.712. The van der Waals surface area contributed by atoms with Crippen molar-refractivity contribution in [3.8, 4) is 11.8 Å². The molecule has 0 saturated carbocycles. The second-order valence-corrected chi connectivity index (χ2v) is 6.26. The van der Waals surface area contributed by atoms with Gasteiger partial charge in [-0.15, -0.1) is 0 Å². The van der Waals surface area contributed by atoms with E-state index in [1.165, 1.54) is 6.07 Å². The first-order valence-corrected chi connectivity index (χ1v) is 8.60. The molecule has 0 bridgehead atoms. The van der Waals surface area contributed by atoms with Crippen molar-refractivity contribution in [1.82, 2.24) is 14.9 Å². The number of imidazole rings is 1. The van der Waals surface area contributed by atoms with Crippen molar-refractivity contribution in [3.63, 3.8) is 0 Å². The fourth-order valence-electron chi connectivity index (χ4n) is 2.63. The van der Waals surface area contributed by atoms with E-state index in [1.807, 2.05) is 54.2 Å². The minimum absolute atomic E-state index is 0.209. The van der Waals surface area contributed by atoms with Crippen LogP contribution in [0.15, 0.2) is 60.9 Å². The van der Waals surface area contributed by atoms with Crippen LogP contribution in [-0.2, 0) is 11.8 Å². The molecule has 6 nitrogen and oxygen atoms in total. The van der Waals surface area contributed by atoms with Gasteiger partial charge in [-0.3, -0.25) is 4.79 Å². The molecule has 27 heavy (non-hydrogen) atoms. The Labute approximate surface area is 162 Å². The summed E-state index contributed by atoms with van der Waals surface area (Å²) in [6.07, 6.45) is 3.51. The van der Waals surface area contributed by atoms with E-state index >= 15 is 0 Å². The van der Waals surface area contributed by atoms with Gasteiger partial charge in [0.1, 0.15) is 17.6 Å². The number of benzene rings is 2. The van der Waals surface area contributed by atoms with E-state index in [0.717, 1.165) is 5.56 Å². The van der Waals surface area contributed by atoms with Crippen LogP contribution in [0.5, 0.6) is 5.75 Å². The molecule has 3 aromatic rings. The van der Waals surface area contributed by atoms with Crippen molar-refractivity contribution in [2.45, 2.75) is 6.04 Å². The first-order valence-electron chi connectivity index (χ1n) is 8.22. The highest BCUT2D eigenvalue weighted by Gasteiger charge is 2.21. The molecule has 136 valence electrons. The van der Waals surface area contributed by atoms with Crippen LogP contribution in [-0.4, -0.2) is 22.1 Å². The molecule has 0 radical (unpaired) electrons. The lowest BCUT2D eigenvalue weighted by atomic mass is 10.1. The lowest BCUT2D eigenvalue weighted by molar-refractivity contribution is -0.123. The highest BCUT2D eigenvalue weighted by atomic mass is 35.5. The monoisotopic (exact) mass is 380 g/mol. The summed E-state index contributed by atoms with van der Waals surface area (Å²) in [4.78, 5) is 16.8. The van der Waals surface area contributed by atoms with E-state index in [9.17, 15) is 4.79 Å². The zero-order valence-electron chi connectivity index (χ0n) is 14.6. The number of carbonyl (C=O) groups excluding carboxylic acids is 1. The summed E-state index contributed by atoms with van der Waals surface area (Å²) >= 11 is 6.07. The number of nitriles is 1. The van der Waals surface area contributed by atoms with Gasteiger partial charge in [0.05, 0.1) is 16.7 Å². The van der Waals surface area contributed by atoms with Gasteiger partial charge in [0.25, 0.3) is 5.91 Å². The molecular weight excluding hydrogens is 364 g/mol. The molecular formula is C20H17ClN4O2. The zero-order valence-corrected chi connectivity index (χ0v) is 15.3. The second kappa shape index (κ2) is 8.39. The van der Waals surface area contributed by atoms with Crippen LogP contribution in [0.25, 0.3) is 0 Å². The van der Waals surface area contributed by atoms with Gasteiger partial charge in [-0.05, 0) is 23.8 Å². The average Bonchev–Trinajstić information content (AvgIpc) is 3.11. The van der Waals surface area contributed by atoms with Gasteiger partial charge < -0.3 is 14.6 Å². The maximum absolute atomic E-state index is 12.5. The van der Waals surface area contributed by atoms with Gasteiger partial charge in [-0.1, -0.05) is 41.9 Å². The number of aryl methyl sites for hydroxylation is 1. The number of carbonyl (C=O) groups is 1. The fourth-order valence-corrected chi connectivity index (χ4v) is 2.87. The highest BCUT2D eigenvalue weighted by Crippen LogP contribution is 2.25. The predicted molar refractivity (Wildman–Crippen MR) is 101 cm³/mol. The minimum Gasteiger partial charge on any atom is -0.482 e. The largest absolute Gasteiger partial charge is 0.482 e. The minimum atomic E-state index is -0.404. The summed E-state index contributed by atoms with van der Waals surface area (Å²) in [7, 11) is 1.87. The third-order valence-electron chi connectivity index (χ3n) is 3.97. The molecule has 7 heteroatoms. The number of amides is 1. The van der Waals surface area contributed by atoms with Gasteiger partial charge in [0.2, 0.25) is 0 Å². The maximum atomic E-state index is 12.5. The Balaban J connectivity index is 1.72. The predicted octanol–water partition coefficient (Wildman–Crippen LogP) is 3.23. The van der Waals surface area contributed by atoms with Crippen molar-refractivity contribution in [3.05, 3.63) is 82.9 Å². The maximum Gasteiger partial charge on any atom is 0.258 e. The summed E-state index contributed by atoms with van der Waals surface area (Å²) in [6, 6.07) is 15.8. The standard InChI is InChI=1S/C20H17ClN4O2/c1-25-10-9-23-20(25)19(15-5-3-2-4-6-15)24-18(26)13-27-17-8-7-14(12-22)11-16(17)21/h2-11,19H,13H2,1H3,(H,24,26). The molecule has 0 aliphatic heterocycles. The summed E-state index contributed by atoms with van der Waals surface area (Å²) < 4.78 is 7.36. The number of nitrogens with one attached hydrogen (secondary N) is 1. The number of ether oxygens (including phenoxy) is 1. The van der Waals surface area contributed by atoms with Gasteiger partial charge in [0, 0.05) is 19.4 Å². The zero-order chi connectivity index (χ0) is 19.2. The Morgan fingerprint density at radius 1 is 1.33 bits per heavy atom. The third-order valence-corrected chi connectivity index (χ3v) is 4.27. The lowest BCUT2D eigenvalue weighted by Crippen LogP contribution is -2.34. The van der Waals surface area contributed by atoms with Crippen LogP contribution in [0.2, 0.25) is 5.02 Å². The Morgan fingerprint density at radius 2 is 2.11 bits per heavy atom. The SMILES string of the molecule is Cn1ccnc1C(NC(=O)COc1ccc(C#N)cc1Cl)c1ccccc1. The van der Waals surface area contributed by atoms with Gasteiger partial charge in [0.15, 0.2) is 6.61 Å². The van der Waals surface area contributed by atoms with E-state index in [4.69, 9.17) is 21.6 Å². The average molecular weight is 381 g/mol.